The Labute approximate surface area is 169 Å². The lowest BCUT2D eigenvalue weighted by Gasteiger charge is -2.44. The molecular formula is C23H22FN3O2. The third-order valence-corrected chi connectivity index (χ3v) is 5.97. The molecule has 2 amide bonds. The molecule has 2 aliphatic rings. The topological polar surface area (TPSA) is 64.4 Å². The first kappa shape index (κ1) is 19.1. The maximum Gasteiger partial charge on any atom is 0.254 e. The van der Waals surface area contributed by atoms with E-state index < -0.39 is 17.3 Å². The van der Waals surface area contributed by atoms with Crippen molar-refractivity contribution in [3.05, 3.63) is 65.0 Å². The van der Waals surface area contributed by atoms with E-state index in [2.05, 4.69) is 0 Å². The van der Waals surface area contributed by atoms with Crippen LogP contribution in [0.2, 0.25) is 0 Å². The Kier molecular flexibility index (Phi) is 4.83. The number of likely N-dealkylation sites (tertiary alicyclic amines) is 1. The van der Waals surface area contributed by atoms with Gasteiger partial charge in [0.25, 0.3) is 11.8 Å². The molecule has 0 aliphatic carbocycles. The molecule has 1 unspecified atom stereocenters. The van der Waals surface area contributed by atoms with E-state index in [9.17, 15) is 14.0 Å². The zero-order valence-corrected chi connectivity index (χ0v) is 16.3. The Bertz CT molecular complexity index is 1010. The van der Waals surface area contributed by atoms with Crippen LogP contribution in [0.4, 0.5) is 10.1 Å². The summed E-state index contributed by atoms with van der Waals surface area (Å²) in [5, 5.41) is 9.10. The number of benzene rings is 2. The number of nitrogens with zero attached hydrogens (tertiary/aromatic N) is 3. The molecule has 1 atom stereocenters. The minimum absolute atomic E-state index is 0.0737. The lowest BCUT2D eigenvalue weighted by atomic mass is 9.84. The number of halogens is 1. The molecule has 0 radical (unpaired) electrons. The van der Waals surface area contributed by atoms with Gasteiger partial charge in [0, 0.05) is 24.3 Å². The van der Waals surface area contributed by atoms with Gasteiger partial charge < -0.3 is 9.80 Å². The Hall–Kier alpha value is -3.20. The summed E-state index contributed by atoms with van der Waals surface area (Å²) < 4.78 is 13.9. The van der Waals surface area contributed by atoms with Crippen LogP contribution < -0.4 is 4.90 Å². The molecule has 2 heterocycles. The number of anilines is 1. The number of aryl methyl sites for hydroxylation is 1. The molecule has 0 bridgehead atoms. The fourth-order valence-electron chi connectivity index (χ4n) is 4.55. The largest absolute Gasteiger partial charge is 0.324 e. The predicted octanol–water partition coefficient (Wildman–Crippen LogP) is 3.81. The average molecular weight is 391 g/mol. The van der Waals surface area contributed by atoms with Crippen molar-refractivity contribution in [2.24, 2.45) is 0 Å². The Balaban J connectivity index is 1.68. The summed E-state index contributed by atoms with van der Waals surface area (Å²) in [4.78, 5) is 30.2. The number of hydrogen-bond acceptors (Lipinski definition) is 3. The van der Waals surface area contributed by atoms with Crippen LogP contribution in [-0.4, -0.2) is 35.3 Å². The Morgan fingerprint density at radius 3 is 2.48 bits per heavy atom. The molecule has 29 heavy (non-hydrogen) atoms. The summed E-state index contributed by atoms with van der Waals surface area (Å²) in [6, 6.07) is 13.3. The Morgan fingerprint density at radius 1 is 1.10 bits per heavy atom. The number of carbonyl (C=O) groups excluding carboxylic acids is 2. The van der Waals surface area contributed by atoms with Crippen molar-refractivity contribution in [1.82, 2.24) is 4.90 Å². The number of nitriles is 1. The van der Waals surface area contributed by atoms with Gasteiger partial charge in [-0.3, -0.25) is 9.59 Å². The average Bonchev–Trinajstić information content (AvgIpc) is 3.14. The molecule has 2 aromatic carbocycles. The van der Waals surface area contributed by atoms with Crippen LogP contribution in [0, 0.1) is 24.1 Å². The standard InChI is InChI=1S/C23H22FN3O2/c1-16-4-6-20(7-5-16)26-10-2-8-23(22(26)29)9-3-11-27(23)21(28)18-12-17(15-25)13-19(24)14-18/h4-7,12-14H,2-3,8-11H2,1H3. The minimum Gasteiger partial charge on any atom is -0.324 e. The molecule has 148 valence electrons. The number of rotatable bonds is 2. The number of carbonyl (C=O) groups is 2. The maximum absolute atomic E-state index is 13.9. The molecular weight excluding hydrogens is 369 g/mol. The van der Waals surface area contributed by atoms with Crippen molar-refractivity contribution in [1.29, 1.82) is 5.26 Å². The van der Waals surface area contributed by atoms with Crippen LogP contribution >= 0.6 is 0 Å². The fourth-order valence-corrected chi connectivity index (χ4v) is 4.55. The van der Waals surface area contributed by atoms with E-state index in [1.807, 2.05) is 37.3 Å². The highest BCUT2D eigenvalue weighted by Crippen LogP contribution is 2.40. The van der Waals surface area contributed by atoms with Crippen molar-refractivity contribution >= 4 is 17.5 Å². The third-order valence-electron chi connectivity index (χ3n) is 5.97. The van der Waals surface area contributed by atoms with Crippen LogP contribution in [0.1, 0.15) is 47.2 Å². The lowest BCUT2D eigenvalue weighted by Crippen LogP contribution is -2.61. The van der Waals surface area contributed by atoms with E-state index in [0.717, 1.165) is 36.2 Å². The van der Waals surface area contributed by atoms with Crippen LogP contribution in [0.25, 0.3) is 0 Å². The quantitative estimate of drug-likeness (QED) is 0.782. The van der Waals surface area contributed by atoms with E-state index in [1.54, 1.807) is 9.80 Å². The molecule has 2 fully saturated rings. The zero-order chi connectivity index (χ0) is 20.6. The molecule has 2 aliphatic heterocycles. The lowest BCUT2D eigenvalue weighted by molar-refractivity contribution is -0.130. The summed E-state index contributed by atoms with van der Waals surface area (Å²) >= 11 is 0. The molecule has 5 nitrogen and oxygen atoms in total. The van der Waals surface area contributed by atoms with Crippen molar-refractivity contribution < 1.29 is 14.0 Å². The van der Waals surface area contributed by atoms with Crippen molar-refractivity contribution in [3.8, 4) is 6.07 Å². The van der Waals surface area contributed by atoms with Gasteiger partial charge in [0.1, 0.15) is 11.4 Å². The summed E-state index contributed by atoms with van der Waals surface area (Å²) in [6.45, 7) is 3.06. The van der Waals surface area contributed by atoms with Gasteiger partial charge in [0.2, 0.25) is 0 Å². The molecule has 1 spiro atoms. The van der Waals surface area contributed by atoms with E-state index >= 15 is 0 Å². The normalized spacial score (nSPS) is 21.5. The molecule has 4 rings (SSSR count). The van der Waals surface area contributed by atoms with E-state index in [0.29, 0.717) is 25.9 Å². The van der Waals surface area contributed by atoms with Gasteiger partial charge in [-0.15, -0.1) is 0 Å². The van der Waals surface area contributed by atoms with Gasteiger partial charge >= 0.3 is 0 Å². The first-order chi connectivity index (χ1) is 13.9. The maximum atomic E-state index is 13.9. The fraction of sp³-hybridized carbons (Fsp3) is 0.348. The van der Waals surface area contributed by atoms with Crippen molar-refractivity contribution in [3.63, 3.8) is 0 Å². The van der Waals surface area contributed by atoms with Crippen LogP contribution in [0.5, 0.6) is 0 Å². The first-order valence-electron chi connectivity index (χ1n) is 9.86. The van der Waals surface area contributed by atoms with Gasteiger partial charge in [-0.1, -0.05) is 17.7 Å². The molecule has 0 aromatic heterocycles. The summed E-state index contributed by atoms with van der Waals surface area (Å²) in [6.07, 6.45) is 2.70. The van der Waals surface area contributed by atoms with Crippen LogP contribution in [0.3, 0.4) is 0 Å². The highest BCUT2D eigenvalue weighted by molar-refractivity contribution is 6.06. The van der Waals surface area contributed by atoms with Gasteiger partial charge in [-0.25, -0.2) is 4.39 Å². The monoisotopic (exact) mass is 391 g/mol. The Morgan fingerprint density at radius 2 is 1.79 bits per heavy atom. The smallest absolute Gasteiger partial charge is 0.254 e. The molecule has 2 saturated heterocycles. The van der Waals surface area contributed by atoms with E-state index in [1.165, 1.54) is 6.07 Å². The molecule has 2 aromatic rings. The third kappa shape index (κ3) is 3.27. The van der Waals surface area contributed by atoms with Crippen LogP contribution in [-0.2, 0) is 4.79 Å². The summed E-state index contributed by atoms with van der Waals surface area (Å²) in [5.41, 5.74) is 1.25. The van der Waals surface area contributed by atoms with E-state index in [-0.39, 0.29) is 17.0 Å². The van der Waals surface area contributed by atoms with E-state index in [4.69, 9.17) is 5.26 Å². The second kappa shape index (κ2) is 7.32. The van der Waals surface area contributed by atoms with Crippen molar-refractivity contribution in [2.75, 3.05) is 18.0 Å². The van der Waals surface area contributed by atoms with Gasteiger partial charge in [-0.2, -0.15) is 5.26 Å². The zero-order valence-electron chi connectivity index (χ0n) is 16.3. The summed E-state index contributed by atoms with van der Waals surface area (Å²) in [7, 11) is 0. The van der Waals surface area contributed by atoms with Crippen LogP contribution in [0.15, 0.2) is 42.5 Å². The SMILES string of the molecule is Cc1ccc(N2CCCC3(CCCN3C(=O)c3cc(F)cc(C#N)c3)C2=O)cc1. The first-order valence-corrected chi connectivity index (χ1v) is 9.86. The summed E-state index contributed by atoms with van der Waals surface area (Å²) in [5.74, 6) is -1.09. The van der Waals surface area contributed by atoms with Crippen molar-refractivity contribution in [2.45, 2.75) is 38.1 Å². The molecule has 0 saturated carbocycles. The van der Waals surface area contributed by atoms with Gasteiger partial charge in [-0.05, 0) is 62.9 Å². The number of hydrogen-bond donors (Lipinski definition) is 0. The van der Waals surface area contributed by atoms with Gasteiger partial charge in [0.15, 0.2) is 0 Å². The van der Waals surface area contributed by atoms with Gasteiger partial charge in [0.05, 0.1) is 11.6 Å². The number of amides is 2. The highest BCUT2D eigenvalue weighted by Gasteiger charge is 2.53. The second-order valence-electron chi connectivity index (χ2n) is 7.83. The predicted molar refractivity (Wildman–Crippen MR) is 107 cm³/mol. The highest BCUT2D eigenvalue weighted by atomic mass is 19.1. The molecule has 6 heteroatoms. The number of piperidine rings is 1. The minimum atomic E-state index is -0.903. The second-order valence-corrected chi connectivity index (χ2v) is 7.83. The molecule has 0 N–H and O–H groups in total.